The molecule has 0 unspecified atom stereocenters. The van der Waals surface area contributed by atoms with Crippen molar-refractivity contribution in [3.8, 4) is 0 Å². The SMILES string of the molecule is O=C(NC[C@H]1CN(c2cc(F)c(N3CCC4(CC3)CS(O)(O)C4)c(F)c2)C(=O)O1)c1cccs1. The van der Waals surface area contributed by atoms with Crippen LogP contribution in [0.3, 0.4) is 0 Å². The molecule has 2 amide bonds. The van der Waals surface area contributed by atoms with Gasteiger partial charge in [-0.2, -0.15) is 10.6 Å². The second kappa shape index (κ2) is 8.67. The van der Waals surface area contributed by atoms with E-state index in [0.717, 1.165) is 17.0 Å². The van der Waals surface area contributed by atoms with Gasteiger partial charge in [0.15, 0.2) is 11.6 Å². The molecule has 1 atom stereocenters. The fourth-order valence-electron chi connectivity index (χ4n) is 4.98. The zero-order valence-corrected chi connectivity index (χ0v) is 19.8. The average Bonchev–Trinajstić information content (AvgIpc) is 3.41. The lowest BCUT2D eigenvalue weighted by Crippen LogP contribution is -2.52. The summed E-state index contributed by atoms with van der Waals surface area (Å²) >= 11 is 1.29. The summed E-state index contributed by atoms with van der Waals surface area (Å²) in [7, 11) is -2.47. The van der Waals surface area contributed by atoms with E-state index in [-0.39, 0.29) is 35.8 Å². The molecule has 0 aliphatic carbocycles. The summed E-state index contributed by atoms with van der Waals surface area (Å²) in [4.78, 5) is 27.7. The molecule has 1 aromatic carbocycles. The van der Waals surface area contributed by atoms with Gasteiger partial charge >= 0.3 is 6.09 Å². The highest BCUT2D eigenvalue weighted by Gasteiger charge is 2.49. The third-order valence-electron chi connectivity index (χ3n) is 6.64. The highest BCUT2D eigenvalue weighted by molar-refractivity contribution is 8.25. The van der Waals surface area contributed by atoms with Gasteiger partial charge in [0.25, 0.3) is 5.91 Å². The first-order chi connectivity index (χ1) is 16.1. The van der Waals surface area contributed by atoms with Crippen LogP contribution in [0.15, 0.2) is 29.6 Å². The Bertz CT molecular complexity index is 1070. The van der Waals surface area contributed by atoms with Crippen LogP contribution in [0.1, 0.15) is 22.5 Å². The van der Waals surface area contributed by atoms with Gasteiger partial charge in [0, 0.05) is 42.1 Å². The number of benzene rings is 1. The maximum Gasteiger partial charge on any atom is 0.414 e. The van der Waals surface area contributed by atoms with Gasteiger partial charge in [-0.15, -0.1) is 11.3 Å². The number of hydrogen-bond donors (Lipinski definition) is 3. The molecule has 3 N–H and O–H groups in total. The summed E-state index contributed by atoms with van der Waals surface area (Å²) in [6.45, 7) is 0.976. The molecule has 12 heteroatoms. The van der Waals surface area contributed by atoms with Crippen LogP contribution in [0.25, 0.3) is 0 Å². The molecule has 0 radical (unpaired) electrons. The molecule has 184 valence electrons. The van der Waals surface area contributed by atoms with Crippen molar-refractivity contribution in [3.05, 3.63) is 46.2 Å². The zero-order valence-electron chi connectivity index (χ0n) is 18.2. The molecule has 0 bridgehead atoms. The highest BCUT2D eigenvalue weighted by Crippen LogP contribution is 2.62. The summed E-state index contributed by atoms with van der Waals surface area (Å²) in [5.74, 6) is -1.09. The van der Waals surface area contributed by atoms with Gasteiger partial charge in [0.2, 0.25) is 0 Å². The first-order valence-electron chi connectivity index (χ1n) is 10.9. The van der Waals surface area contributed by atoms with Crippen molar-refractivity contribution >= 4 is 45.3 Å². The number of nitrogens with one attached hydrogen (secondary N) is 1. The minimum Gasteiger partial charge on any atom is -0.442 e. The minimum atomic E-state index is -2.47. The number of thiophene rings is 1. The second-order valence-corrected chi connectivity index (χ2v) is 12.3. The Morgan fingerprint density at radius 2 is 1.91 bits per heavy atom. The number of piperidine rings is 1. The lowest BCUT2D eigenvalue weighted by molar-refractivity contribution is 0.0920. The molecular weight excluding hydrogens is 488 g/mol. The van der Waals surface area contributed by atoms with E-state index in [1.165, 1.54) is 11.3 Å². The number of cyclic esters (lactones) is 1. The molecule has 3 saturated heterocycles. The van der Waals surface area contributed by atoms with Crippen LogP contribution in [0, 0.1) is 17.0 Å². The van der Waals surface area contributed by atoms with E-state index in [1.807, 2.05) is 0 Å². The van der Waals surface area contributed by atoms with Crippen LogP contribution in [-0.4, -0.2) is 64.9 Å². The first-order valence-corrected chi connectivity index (χ1v) is 13.7. The van der Waals surface area contributed by atoms with Gasteiger partial charge in [-0.05, 0) is 24.3 Å². The number of carbonyl (C=O) groups is 2. The molecule has 2 aromatic rings. The van der Waals surface area contributed by atoms with Crippen LogP contribution in [0.4, 0.5) is 25.0 Å². The molecule has 3 aliphatic rings. The van der Waals surface area contributed by atoms with E-state index in [0.29, 0.717) is 42.3 Å². The Balaban J connectivity index is 1.22. The molecule has 3 fully saturated rings. The first kappa shape index (κ1) is 23.3. The van der Waals surface area contributed by atoms with E-state index >= 15 is 8.78 Å². The number of amides is 2. The predicted molar refractivity (Wildman–Crippen MR) is 127 cm³/mol. The van der Waals surface area contributed by atoms with Gasteiger partial charge < -0.3 is 15.0 Å². The standard InChI is InChI=1S/C22H25F2N3O5S2/c23-16-8-14(27-11-15(32-21(27)29)10-25-20(28)18-2-1-7-33-18)9-17(24)19(16)26-5-3-22(4-6-26)12-34(30,31)13-22/h1-2,7-9,15,30-31H,3-6,10-13H2,(H,25,28)/t15-/m0/s1. The molecule has 8 nitrogen and oxygen atoms in total. The van der Waals surface area contributed by atoms with Gasteiger partial charge in [-0.1, -0.05) is 6.07 Å². The summed E-state index contributed by atoms with van der Waals surface area (Å²) in [6, 6.07) is 5.68. The lowest BCUT2D eigenvalue weighted by Gasteiger charge is -2.58. The Morgan fingerprint density at radius 1 is 1.24 bits per heavy atom. The summed E-state index contributed by atoms with van der Waals surface area (Å²) in [6.07, 6.45) is -0.0946. The fourth-order valence-corrected chi connectivity index (χ4v) is 8.08. The molecule has 3 aliphatic heterocycles. The Labute approximate surface area is 200 Å². The van der Waals surface area contributed by atoms with Crippen molar-refractivity contribution in [1.29, 1.82) is 0 Å². The number of ether oxygens (including phenoxy) is 1. The summed E-state index contributed by atoms with van der Waals surface area (Å²) < 4.78 is 54.7. The van der Waals surface area contributed by atoms with Crippen LogP contribution in [0.5, 0.6) is 0 Å². The lowest BCUT2D eigenvalue weighted by atomic mass is 9.81. The number of nitrogens with zero attached hydrogens (tertiary/aromatic N) is 2. The number of anilines is 2. The number of carbonyl (C=O) groups excluding carboxylic acids is 2. The van der Waals surface area contributed by atoms with Crippen LogP contribution >= 0.6 is 21.9 Å². The van der Waals surface area contributed by atoms with Gasteiger partial charge in [0.1, 0.15) is 11.8 Å². The maximum absolute atomic E-state index is 15.0. The monoisotopic (exact) mass is 513 g/mol. The topological polar surface area (TPSA) is 102 Å². The van der Waals surface area contributed by atoms with Gasteiger partial charge in [-0.25, -0.2) is 13.6 Å². The summed E-state index contributed by atoms with van der Waals surface area (Å²) in [5, 5.41) is 4.48. The van der Waals surface area contributed by atoms with Crippen molar-refractivity contribution < 1.29 is 32.2 Å². The smallest absolute Gasteiger partial charge is 0.414 e. The van der Waals surface area contributed by atoms with E-state index in [4.69, 9.17) is 4.74 Å². The van der Waals surface area contributed by atoms with Gasteiger partial charge in [-0.3, -0.25) is 18.8 Å². The van der Waals surface area contributed by atoms with Crippen molar-refractivity contribution in [2.75, 3.05) is 47.5 Å². The molecule has 0 saturated carbocycles. The predicted octanol–water partition coefficient (Wildman–Crippen LogP) is 4.13. The molecule has 1 aromatic heterocycles. The number of rotatable bonds is 5. The fraction of sp³-hybridized carbons (Fsp3) is 0.455. The third kappa shape index (κ3) is 4.47. The van der Waals surface area contributed by atoms with Crippen LogP contribution in [0.2, 0.25) is 0 Å². The summed E-state index contributed by atoms with van der Waals surface area (Å²) in [5.41, 5.74) is -0.232. The quantitative estimate of drug-likeness (QED) is 0.556. The Morgan fingerprint density at radius 3 is 2.50 bits per heavy atom. The number of hydrogen-bond acceptors (Lipinski definition) is 7. The highest BCUT2D eigenvalue weighted by atomic mass is 32.3. The molecule has 5 rings (SSSR count). The average molecular weight is 514 g/mol. The largest absolute Gasteiger partial charge is 0.442 e. The zero-order chi connectivity index (χ0) is 24.1. The Hall–Kier alpha value is -2.41. The number of halogens is 2. The van der Waals surface area contributed by atoms with Crippen molar-refractivity contribution in [1.82, 2.24) is 5.32 Å². The van der Waals surface area contributed by atoms with Crippen molar-refractivity contribution in [2.45, 2.75) is 18.9 Å². The minimum absolute atomic E-state index is 0.0530. The molecular formula is C22H25F2N3O5S2. The van der Waals surface area contributed by atoms with Crippen LogP contribution < -0.4 is 15.1 Å². The van der Waals surface area contributed by atoms with E-state index in [1.54, 1.807) is 22.4 Å². The van der Waals surface area contributed by atoms with E-state index in [9.17, 15) is 18.7 Å². The maximum atomic E-state index is 15.0. The van der Waals surface area contributed by atoms with Crippen molar-refractivity contribution in [3.63, 3.8) is 0 Å². The van der Waals surface area contributed by atoms with Gasteiger partial charge in [0.05, 0.1) is 23.7 Å². The Kier molecular flexibility index (Phi) is 5.95. The third-order valence-corrected chi connectivity index (χ3v) is 9.66. The van der Waals surface area contributed by atoms with E-state index in [2.05, 4.69) is 5.32 Å². The molecule has 1 spiro atoms. The van der Waals surface area contributed by atoms with Crippen molar-refractivity contribution in [2.24, 2.45) is 5.41 Å². The second-order valence-electron chi connectivity index (χ2n) is 9.14. The normalized spacial score (nSPS) is 24.0. The van der Waals surface area contributed by atoms with E-state index < -0.39 is 34.4 Å². The molecule has 34 heavy (non-hydrogen) atoms. The molecule has 4 heterocycles. The van der Waals surface area contributed by atoms with Crippen LogP contribution in [-0.2, 0) is 4.74 Å².